The molecule has 0 aromatic heterocycles. The summed E-state index contributed by atoms with van der Waals surface area (Å²) in [6, 6.07) is 0. The van der Waals surface area contributed by atoms with Gasteiger partial charge in [-0.2, -0.15) is 0 Å². The minimum atomic E-state index is 0.451. The Balaban J connectivity index is 1.33. The lowest BCUT2D eigenvalue weighted by molar-refractivity contribution is -0.0859. The summed E-state index contributed by atoms with van der Waals surface area (Å²) in [6.45, 7) is 14.7. The van der Waals surface area contributed by atoms with E-state index < -0.39 is 0 Å². The van der Waals surface area contributed by atoms with Crippen LogP contribution in [0.2, 0.25) is 0 Å². The van der Waals surface area contributed by atoms with Gasteiger partial charge >= 0.3 is 0 Å². The van der Waals surface area contributed by atoms with Crippen molar-refractivity contribution in [3.05, 3.63) is 12.2 Å². The van der Waals surface area contributed by atoms with E-state index in [2.05, 4.69) is 37.8 Å². The molecule has 3 heteroatoms. The average molecular weight is 401 g/mol. The van der Waals surface area contributed by atoms with Crippen molar-refractivity contribution in [3.8, 4) is 0 Å². The van der Waals surface area contributed by atoms with Crippen molar-refractivity contribution in [1.82, 2.24) is 5.32 Å². The maximum Gasteiger partial charge on any atom is 0.117 e. The number of rotatable bonds is 7. The highest BCUT2D eigenvalue weighted by atomic mass is 16.6. The molecule has 0 spiro atoms. The Bertz CT molecular complexity index is 628. The first-order valence-corrected chi connectivity index (χ1v) is 12.6. The predicted octanol–water partition coefficient (Wildman–Crippen LogP) is 6.35. The third kappa shape index (κ3) is 3.93. The molecular formula is C26H44N2O. The van der Waals surface area contributed by atoms with Crippen LogP contribution in [-0.4, -0.2) is 25.4 Å². The fraction of sp³-hybridized carbons (Fsp3) is 0.885. The molecule has 4 fully saturated rings. The Hall–Kier alpha value is -0.830. The third-order valence-electron chi connectivity index (χ3n) is 9.74. The van der Waals surface area contributed by atoms with E-state index in [1.807, 2.05) is 0 Å². The summed E-state index contributed by atoms with van der Waals surface area (Å²) in [5, 5.41) is 7.95. The lowest BCUT2D eigenvalue weighted by atomic mass is 9.45. The maximum absolute atomic E-state index is 5.70. The molecule has 6 atom stereocenters. The van der Waals surface area contributed by atoms with Crippen LogP contribution in [-0.2, 0) is 4.84 Å². The van der Waals surface area contributed by atoms with E-state index in [0.717, 1.165) is 56.2 Å². The van der Waals surface area contributed by atoms with Gasteiger partial charge in [0.25, 0.3) is 0 Å². The molecule has 0 radical (unpaired) electrons. The largest absolute Gasteiger partial charge is 0.396 e. The van der Waals surface area contributed by atoms with Crippen molar-refractivity contribution in [2.24, 2.45) is 39.7 Å². The lowest BCUT2D eigenvalue weighted by Crippen LogP contribution is -2.52. The van der Waals surface area contributed by atoms with Gasteiger partial charge in [-0.05, 0) is 118 Å². The summed E-state index contributed by atoms with van der Waals surface area (Å²) in [4.78, 5) is 5.70. The number of nitrogens with zero attached hydrogens (tertiary/aromatic N) is 1. The second-order valence-electron chi connectivity index (χ2n) is 11.0. The Kier molecular flexibility index (Phi) is 6.44. The molecule has 4 rings (SSSR count). The first-order chi connectivity index (χ1) is 14.0. The molecule has 0 amide bonds. The van der Waals surface area contributed by atoms with E-state index in [1.54, 1.807) is 5.57 Å². The molecule has 0 aromatic carbocycles. The molecule has 4 saturated carbocycles. The van der Waals surface area contributed by atoms with E-state index in [-0.39, 0.29) is 0 Å². The number of allylic oxidation sites excluding steroid dienone is 1. The lowest BCUT2D eigenvalue weighted by Gasteiger charge is -2.60. The predicted molar refractivity (Wildman–Crippen MR) is 122 cm³/mol. The normalized spacial score (nSPS) is 43.0. The summed E-state index contributed by atoms with van der Waals surface area (Å²) in [6.07, 6.45) is 14.3. The van der Waals surface area contributed by atoms with Gasteiger partial charge in [0.2, 0.25) is 0 Å². The number of nitrogens with one attached hydrogen (secondary N) is 1. The van der Waals surface area contributed by atoms with Gasteiger partial charge in [-0.15, -0.1) is 0 Å². The van der Waals surface area contributed by atoms with Crippen molar-refractivity contribution in [2.45, 2.75) is 91.4 Å². The number of fused-ring (bicyclic) bond motifs is 5. The fourth-order valence-corrected chi connectivity index (χ4v) is 7.78. The molecule has 0 bridgehead atoms. The molecule has 0 heterocycles. The fourth-order valence-electron chi connectivity index (χ4n) is 7.78. The quantitative estimate of drug-likeness (QED) is 0.307. The van der Waals surface area contributed by atoms with Gasteiger partial charge in [-0.1, -0.05) is 38.1 Å². The molecule has 0 saturated heterocycles. The maximum atomic E-state index is 5.70. The van der Waals surface area contributed by atoms with Gasteiger partial charge in [-0.3, -0.25) is 0 Å². The Morgan fingerprint density at radius 2 is 1.93 bits per heavy atom. The highest BCUT2D eigenvalue weighted by Gasteiger charge is 2.58. The highest BCUT2D eigenvalue weighted by molar-refractivity contribution is 5.85. The van der Waals surface area contributed by atoms with Crippen LogP contribution in [0.5, 0.6) is 0 Å². The van der Waals surface area contributed by atoms with Gasteiger partial charge in [-0.25, -0.2) is 0 Å². The summed E-state index contributed by atoms with van der Waals surface area (Å²) >= 11 is 0. The monoisotopic (exact) mass is 400 g/mol. The van der Waals surface area contributed by atoms with Crippen molar-refractivity contribution in [3.63, 3.8) is 0 Å². The number of hydrogen-bond donors (Lipinski definition) is 1. The van der Waals surface area contributed by atoms with Crippen LogP contribution in [0.1, 0.15) is 91.4 Å². The van der Waals surface area contributed by atoms with Gasteiger partial charge in [0.05, 0.1) is 5.71 Å². The van der Waals surface area contributed by atoms with Crippen LogP contribution in [0.4, 0.5) is 0 Å². The minimum absolute atomic E-state index is 0.451. The molecule has 164 valence electrons. The van der Waals surface area contributed by atoms with Crippen LogP contribution in [0, 0.1) is 34.5 Å². The number of hydrogen-bond acceptors (Lipinski definition) is 3. The van der Waals surface area contributed by atoms with Crippen LogP contribution in [0.3, 0.4) is 0 Å². The Morgan fingerprint density at radius 1 is 1.07 bits per heavy atom. The standard InChI is InChI=1S/C26H44N2O/c1-5-27-16-6-7-17-29-28-21-12-14-26(4)20(18-21)9-10-22-23-11-8-19(2)25(23,3)15-13-24(22)26/h20,22-24,27H,2,5-18H2,1,3-4H3/b28-21+/t20?,22?,23?,24?,25-,26+/m1/s1. The molecule has 0 aliphatic heterocycles. The Morgan fingerprint density at radius 3 is 2.76 bits per heavy atom. The summed E-state index contributed by atoms with van der Waals surface area (Å²) < 4.78 is 0. The molecule has 3 nitrogen and oxygen atoms in total. The summed E-state index contributed by atoms with van der Waals surface area (Å²) in [5.74, 6) is 3.61. The molecule has 0 aromatic rings. The van der Waals surface area contributed by atoms with E-state index in [9.17, 15) is 0 Å². The van der Waals surface area contributed by atoms with Gasteiger partial charge in [0, 0.05) is 0 Å². The van der Waals surface area contributed by atoms with Crippen LogP contribution < -0.4 is 5.32 Å². The van der Waals surface area contributed by atoms with Crippen molar-refractivity contribution in [1.29, 1.82) is 0 Å². The topological polar surface area (TPSA) is 33.6 Å². The smallest absolute Gasteiger partial charge is 0.117 e. The summed E-state index contributed by atoms with van der Waals surface area (Å²) in [7, 11) is 0. The zero-order valence-corrected chi connectivity index (χ0v) is 19.3. The zero-order valence-electron chi connectivity index (χ0n) is 19.3. The van der Waals surface area contributed by atoms with Crippen molar-refractivity contribution >= 4 is 5.71 Å². The van der Waals surface area contributed by atoms with Crippen LogP contribution >= 0.6 is 0 Å². The SMILES string of the molecule is C=C1CCC2C3CCC4C/C(=N/OCCCCNCC)CC[C@]4(C)C3CC[C@]12C. The van der Waals surface area contributed by atoms with Crippen LogP contribution in [0.15, 0.2) is 17.3 Å². The third-order valence-corrected chi connectivity index (χ3v) is 9.74. The Labute approximate surface area is 179 Å². The van der Waals surface area contributed by atoms with E-state index in [0.29, 0.717) is 10.8 Å². The average Bonchev–Trinajstić information content (AvgIpc) is 3.02. The molecule has 4 aliphatic carbocycles. The van der Waals surface area contributed by atoms with Gasteiger partial charge < -0.3 is 10.2 Å². The molecule has 4 unspecified atom stereocenters. The van der Waals surface area contributed by atoms with Gasteiger partial charge in [0.1, 0.15) is 6.61 Å². The summed E-state index contributed by atoms with van der Waals surface area (Å²) in [5.41, 5.74) is 3.88. The second-order valence-corrected chi connectivity index (χ2v) is 11.0. The molecule has 29 heavy (non-hydrogen) atoms. The number of unbranched alkanes of at least 4 members (excludes halogenated alkanes) is 1. The molecular weight excluding hydrogens is 356 g/mol. The zero-order chi connectivity index (χ0) is 20.5. The number of oxime groups is 1. The first-order valence-electron chi connectivity index (χ1n) is 12.6. The highest BCUT2D eigenvalue weighted by Crippen LogP contribution is 2.66. The molecule has 4 aliphatic rings. The van der Waals surface area contributed by atoms with Crippen molar-refractivity contribution < 1.29 is 4.84 Å². The van der Waals surface area contributed by atoms with E-state index >= 15 is 0 Å². The molecule has 1 N–H and O–H groups in total. The van der Waals surface area contributed by atoms with Crippen LogP contribution in [0.25, 0.3) is 0 Å². The van der Waals surface area contributed by atoms with E-state index in [1.165, 1.54) is 63.5 Å². The second kappa shape index (κ2) is 8.73. The van der Waals surface area contributed by atoms with Gasteiger partial charge in [0.15, 0.2) is 0 Å². The van der Waals surface area contributed by atoms with Crippen molar-refractivity contribution in [2.75, 3.05) is 19.7 Å². The van der Waals surface area contributed by atoms with E-state index in [4.69, 9.17) is 4.84 Å². The minimum Gasteiger partial charge on any atom is -0.396 e. The first kappa shape index (κ1) is 21.4.